The van der Waals surface area contributed by atoms with Gasteiger partial charge in [-0.2, -0.15) is 0 Å². The summed E-state index contributed by atoms with van der Waals surface area (Å²) in [5, 5.41) is 4.28. The maximum absolute atomic E-state index is 6.20. The van der Waals surface area contributed by atoms with Crippen molar-refractivity contribution < 1.29 is 0 Å². The molecule has 0 heterocycles. The van der Waals surface area contributed by atoms with Gasteiger partial charge in [-0.05, 0) is 43.0 Å². The molecule has 0 bridgehead atoms. The molecule has 1 aromatic carbocycles. The number of nitrogens with one attached hydrogen (secondary N) is 1. The van der Waals surface area contributed by atoms with Crippen LogP contribution in [-0.2, 0) is 6.42 Å². The van der Waals surface area contributed by atoms with Crippen LogP contribution in [0.3, 0.4) is 0 Å². The van der Waals surface area contributed by atoms with Crippen molar-refractivity contribution in [1.82, 2.24) is 5.32 Å². The van der Waals surface area contributed by atoms with Gasteiger partial charge in [-0.25, -0.2) is 0 Å². The first-order valence-corrected chi connectivity index (χ1v) is 5.54. The first kappa shape index (κ1) is 10.0. The van der Waals surface area contributed by atoms with Gasteiger partial charge in [0.25, 0.3) is 0 Å². The third kappa shape index (κ3) is 1.67. The third-order valence-corrected chi connectivity index (χ3v) is 3.42. The molecule has 14 heavy (non-hydrogen) atoms. The Bertz CT molecular complexity index is 335. The molecule has 2 heteroatoms. The van der Waals surface area contributed by atoms with Crippen LogP contribution in [-0.4, -0.2) is 7.05 Å². The minimum absolute atomic E-state index is 0.479. The summed E-state index contributed by atoms with van der Waals surface area (Å²) in [6, 6.07) is 6.70. The summed E-state index contributed by atoms with van der Waals surface area (Å²) < 4.78 is 0. The second-order valence-electron chi connectivity index (χ2n) is 4.19. The molecule has 1 aliphatic carbocycles. The Morgan fingerprint density at radius 1 is 1.43 bits per heavy atom. The van der Waals surface area contributed by atoms with E-state index >= 15 is 0 Å². The Labute approximate surface area is 90.5 Å². The first-order valence-electron chi connectivity index (χ1n) is 5.17. The molecule has 0 saturated carbocycles. The molecule has 2 rings (SSSR count). The van der Waals surface area contributed by atoms with Crippen molar-refractivity contribution in [2.45, 2.75) is 25.8 Å². The molecule has 76 valence electrons. The molecule has 2 unspecified atom stereocenters. The number of fused-ring (bicyclic) bond motifs is 1. The highest BCUT2D eigenvalue weighted by Crippen LogP contribution is 2.36. The minimum Gasteiger partial charge on any atom is -0.313 e. The van der Waals surface area contributed by atoms with E-state index < -0.39 is 0 Å². The summed E-state index contributed by atoms with van der Waals surface area (Å²) >= 11 is 6.20. The summed E-state index contributed by atoms with van der Waals surface area (Å²) in [4.78, 5) is 0. The fourth-order valence-electron chi connectivity index (χ4n) is 2.35. The van der Waals surface area contributed by atoms with Gasteiger partial charge < -0.3 is 5.32 Å². The monoisotopic (exact) mass is 209 g/mol. The average Bonchev–Trinajstić information content (AvgIpc) is 2.18. The Hall–Kier alpha value is -0.530. The molecule has 0 aliphatic heterocycles. The van der Waals surface area contributed by atoms with Crippen molar-refractivity contribution in [3.05, 3.63) is 34.3 Å². The summed E-state index contributed by atoms with van der Waals surface area (Å²) in [6.45, 7) is 2.29. The minimum atomic E-state index is 0.479. The van der Waals surface area contributed by atoms with Gasteiger partial charge in [0.05, 0.1) is 0 Å². The Morgan fingerprint density at radius 2 is 2.21 bits per heavy atom. The van der Waals surface area contributed by atoms with Gasteiger partial charge in [-0.1, -0.05) is 30.7 Å². The largest absolute Gasteiger partial charge is 0.313 e. The second-order valence-corrected chi connectivity index (χ2v) is 4.60. The molecule has 0 aromatic heterocycles. The maximum Gasteiger partial charge on any atom is 0.0441 e. The third-order valence-electron chi connectivity index (χ3n) is 3.07. The summed E-state index contributed by atoms with van der Waals surface area (Å²) in [6.07, 6.45) is 2.33. The molecule has 0 spiro atoms. The van der Waals surface area contributed by atoms with Crippen molar-refractivity contribution in [1.29, 1.82) is 0 Å². The molecule has 0 radical (unpaired) electrons. The summed E-state index contributed by atoms with van der Waals surface area (Å²) in [7, 11) is 2.02. The number of halogens is 1. The smallest absolute Gasteiger partial charge is 0.0441 e. The van der Waals surface area contributed by atoms with Crippen molar-refractivity contribution in [2.24, 2.45) is 5.92 Å². The van der Waals surface area contributed by atoms with E-state index in [4.69, 9.17) is 11.6 Å². The lowest BCUT2D eigenvalue weighted by Crippen LogP contribution is -2.25. The molecule has 0 saturated heterocycles. The molecule has 1 N–H and O–H groups in total. The maximum atomic E-state index is 6.20. The fourth-order valence-corrected chi connectivity index (χ4v) is 2.61. The van der Waals surface area contributed by atoms with E-state index in [0.717, 1.165) is 17.4 Å². The lowest BCUT2D eigenvalue weighted by molar-refractivity contribution is 0.399. The van der Waals surface area contributed by atoms with Gasteiger partial charge in [0.1, 0.15) is 0 Å². The van der Waals surface area contributed by atoms with Gasteiger partial charge >= 0.3 is 0 Å². The highest BCUT2D eigenvalue weighted by molar-refractivity contribution is 6.31. The highest BCUT2D eigenvalue weighted by atomic mass is 35.5. The number of hydrogen-bond donors (Lipinski definition) is 1. The lowest BCUT2D eigenvalue weighted by Gasteiger charge is -2.30. The van der Waals surface area contributed by atoms with Crippen LogP contribution in [0.2, 0.25) is 5.02 Å². The molecule has 1 aromatic rings. The van der Waals surface area contributed by atoms with Crippen LogP contribution in [0.15, 0.2) is 18.2 Å². The number of hydrogen-bond acceptors (Lipinski definition) is 1. The predicted molar refractivity (Wildman–Crippen MR) is 60.7 cm³/mol. The zero-order chi connectivity index (χ0) is 10.1. The molecule has 0 fully saturated rings. The second kappa shape index (κ2) is 3.92. The molecular weight excluding hydrogens is 194 g/mol. The van der Waals surface area contributed by atoms with Crippen LogP contribution < -0.4 is 5.32 Å². The molecule has 0 amide bonds. The van der Waals surface area contributed by atoms with Crippen molar-refractivity contribution >= 4 is 11.6 Å². The zero-order valence-corrected chi connectivity index (χ0v) is 9.43. The van der Waals surface area contributed by atoms with Gasteiger partial charge in [0, 0.05) is 11.1 Å². The normalized spacial score (nSPS) is 25.9. The predicted octanol–water partition coefficient (Wildman–Crippen LogP) is 3.18. The summed E-state index contributed by atoms with van der Waals surface area (Å²) in [5.41, 5.74) is 2.73. The van der Waals surface area contributed by atoms with Gasteiger partial charge in [0.2, 0.25) is 0 Å². The SMILES string of the molecule is CNC1CC(C)Cc2c(Cl)cccc21. The number of benzene rings is 1. The zero-order valence-electron chi connectivity index (χ0n) is 8.68. The molecular formula is C12H16ClN. The Kier molecular flexibility index (Phi) is 2.80. The van der Waals surface area contributed by atoms with Crippen LogP contribution >= 0.6 is 11.6 Å². The highest BCUT2D eigenvalue weighted by Gasteiger charge is 2.24. The number of rotatable bonds is 1. The van der Waals surface area contributed by atoms with Gasteiger partial charge in [-0.3, -0.25) is 0 Å². The standard InChI is InChI=1S/C12H16ClN/c1-8-6-10-9(12(7-8)14-2)4-3-5-11(10)13/h3-5,8,12,14H,6-7H2,1-2H3. The van der Waals surface area contributed by atoms with E-state index in [1.807, 2.05) is 19.2 Å². The molecule has 1 nitrogen and oxygen atoms in total. The lowest BCUT2D eigenvalue weighted by atomic mass is 9.81. The van der Waals surface area contributed by atoms with Gasteiger partial charge in [0.15, 0.2) is 0 Å². The van der Waals surface area contributed by atoms with Crippen LogP contribution in [0.4, 0.5) is 0 Å². The summed E-state index contributed by atoms with van der Waals surface area (Å²) in [5.74, 6) is 0.722. The van der Waals surface area contributed by atoms with Crippen molar-refractivity contribution in [3.63, 3.8) is 0 Å². The van der Waals surface area contributed by atoms with Crippen LogP contribution in [0.5, 0.6) is 0 Å². The van der Waals surface area contributed by atoms with E-state index in [-0.39, 0.29) is 0 Å². The van der Waals surface area contributed by atoms with Crippen molar-refractivity contribution in [2.75, 3.05) is 7.05 Å². The topological polar surface area (TPSA) is 12.0 Å². The van der Waals surface area contributed by atoms with Crippen molar-refractivity contribution in [3.8, 4) is 0 Å². The van der Waals surface area contributed by atoms with E-state index in [2.05, 4.69) is 18.3 Å². The molecule has 2 atom stereocenters. The first-order chi connectivity index (χ1) is 6.72. The van der Waals surface area contributed by atoms with Crippen LogP contribution in [0.1, 0.15) is 30.5 Å². The van der Waals surface area contributed by atoms with E-state index in [9.17, 15) is 0 Å². The Balaban J connectivity index is 2.45. The van der Waals surface area contributed by atoms with E-state index in [1.54, 1.807) is 0 Å². The molecule has 1 aliphatic rings. The average molecular weight is 210 g/mol. The van der Waals surface area contributed by atoms with Crippen LogP contribution in [0, 0.1) is 5.92 Å². The Morgan fingerprint density at radius 3 is 2.93 bits per heavy atom. The van der Waals surface area contributed by atoms with Gasteiger partial charge in [-0.15, -0.1) is 0 Å². The van der Waals surface area contributed by atoms with Crippen LogP contribution in [0.25, 0.3) is 0 Å². The fraction of sp³-hybridized carbons (Fsp3) is 0.500. The van der Waals surface area contributed by atoms with E-state index in [1.165, 1.54) is 17.5 Å². The quantitative estimate of drug-likeness (QED) is 0.749. The van der Waals surface area contributed by atoms with E-state index in [0.29, 0.717) is 6.04 Å².